The summed E-state index contributed by atoms with van der Waals surface area (Å²) in [4.78, 5) is 25.8. The molecule has 0 aromatic rings. The first-order valence-electron chi connectivity index (χ1n) is 3.26. The van der Waals surface area contributed by atoms with Gasteiger partial charge in [0.05, 0.1) is 0 Å². The van der Waals surface area contributed by atoms with Crippen molar-refractivity contribution < 1.29 is 19.1 Å². The van der Waals surface area contributed by atoms with Gasteiger partial charge in [0.2, 0.25) is 5.91 Å². The molecule has 0 radical (unpaired) electrons. The van der Waals surface area contributed by atoms with Crippen molar-refractivity contribution in [2.75, 3.05) is 13.2 Å². The molecule has 0 aliphatic carbocycles. The zero-order chi connectivity index (χ0) is 10.2. The van der Waals surface area contributed by atoms with E-state index in [1.165, 1.54) is 13.0 Å². The lowest BCUT2D eigenvalue weighted by Gasteiger charge is -1.92. The quantitative estimate of drug-likeness (QED) is 0.431. The smallest absolute Gasteiger partial charge is 0.325 e. The maximum Gasteiger partial charge on any atom is 0.325 e. The predicted octanol–water partition coefficient (Wildman–Crippen LogP) is 0.102. The Hall–Kier alpha value is -0.640. The van der Waals surface area contributed by atoms with E-state index in [1.54, 1.807) is 7.05 Å². The molecule has 6 heteroatoms. The summed E-state index contributed by atoms with van der Waals surface area (Å²) in [6, 6.07) is 0. The van der Waals surface area contributed by atoms with Crippen molar-refractivity contribution in [3.8, 4) is 0 Å². The topological polar surface area (TPSA) is 86.6 Å². The molecule has 0 aromatic carbocycles. The molecule has 0 rings (SSSR count). The van der Waals surface area contributed by atoms with Crippen LogP contribution in [0.3, 0.4) is 0 Å². The Bertz CT molecular complexity index is 186. The second-order valence-electron chi connectivity index (χ2n) is 1.80. The molecule has 0 saturated carbocycles. The maximum absolute atomic E-state index is 9.95. The van der Waals surface area contributed by atoms with Crippen LogP contribution in [0, 0.1) is 0 Å². The Morgan fingerprint density at radius 2 is 2.00 bits per heavy atom. The summed E-state index contributed by atoms with van der Waals surface area (Å²) >= 11 is 0. The van der Waals surface area contributed by atoms with Crippen LogP contribution in [-0.2, 0) is 9.36 Å². The molecule has 5 nitrogen and oxygen atoms in total. The Balaban J connectivity index is 0. The van der Waals surface area contributed by atoms with Crippen LogP contribution in [0.15, 0.2) is 12.7 Å². The maximum atomic E-state index is 9.95. The number of hydrogen-bond acceptors (Lipinski definition) is 2. The van der Waals surface area contributed by atoms with Crippen molar-refractivity contribution in [2.45, 2.75) is 6.92 Å². The van der Waals surface area contributed by atoms with Gasteiger partial charge in [-0.05, 0) is 6.08 Å². The zero-order valence-electron chi connectivity index (χ0n) is 7.15. The molecule has 3 N–H and O–H groups in total. The van der Waals surface area contributed by atoms with Gasteiger partial charge in [-0.15, -0.1) is 0 Å². The standard InChI is InChI=1S/C4H7NO.C2H7O3P/c1-3-4(6)5-2;1-2-6(3,4)5/h3H,1H2,2H3,(H,5,6);2H2,1H3,(H2,3,4,5). The lowest BCUT2D eigenvalue weighted by atomic mass is 10.6. The van der Waals surface area contributed by atoms with E-state index >= 15 is 0 Å². The van der Waals surface area contributed by atoms with Gasteiger partial charge in [-0.1, -0.05) is 13.5 Å². The van der Waals surface area contributed by atoms with E-state index < -0.39 is 7.60 Å². The van der Waals surface area contributed by atoms with Crippen molar-refractivity contribution >= 4 is 13.5 Å². The number of amides is 1. The van der Waals surface area contributed by atoms with Crippen LogP contribution < -0.4 is 5.32 Å². The molecule has 0 bridgehead atoms. The van der Waals surface area contributed by atoms with Crippen LogP contribution in [0.25, 0.3) is 0 Å². The largest absolute Gasteiger partial charge is 0.356 e. The van der Waals surface area contributed by atoms with Gasteiger partial charge in [0.1, 0.15) is 0 Å². The summed E-state index contributed by atoms with van der Waals surface area (Å²) < 4.78 is 9.69. The average Bonchev–Trinajstić information content (AvgIpc) is 2.03. The molecule has 0 aromatic heterocycles. The lowest BCUT2D eigenvalue weighted by molar-refractivity contribution is -0.116. The molecule has 0 atom stereocenters. The van der Waals surface area contributed by atoms with Gasteiger partial charge in [0, 0.05) is 13.2 Å². The van der Waals surface area contributed by atoms with Gasteiger partial charge >= 0.3 is 7.60 Å². The molecule has 0 heterocycles. The minimum absolute atomic E-state index is 0.0625. The van der Waals surface area contributed by atoms with Gasteiger partial charge in [-0.3, -0.25) is 9.36 Å². The summed E-state index contributed by atoms with van der Waals surface area (Å²) in [7, 11) is -2.09. The van der Waals surface area contributed by atoms with E-state index in [2.05, 4.69) is 11.9 Å². The monoisotopic (exact) mass is 195 g/mol. The Morgan fingerprint density at radius 3 is 2.00 bits per heavy atom. The van der Waals surface area contributed by atoms with Crippen molar-refractivity contribution in [2.24, 2.45) is 0 Å². The minimum atomic E-state index is -3.65. The molecule has 12 heavy (non-hydrogen) atoms. The first-order valence-corrected chi connectivity index (χ1v) is 5.05. The van der Waals surface area contributed by atoms with Crippen LogP contribution in [0.1, 0.15) is 6.92 Å². The van der Waals surface area contributed by atoms with Crippen LogP contribution in [0.4, 0.5) is 0 Å². The molecule has 0 saturated heterocycles. The van der Waals surface area contributed by atoms with Crippen LogP contribution in [0.5, 0.6) is 0 Å². The molecule has 1 amide bonds. The molecule has 0 aliphatic heterocycles. The van der Waals surface area contributed by atoms with E-state index in [-0.39, 0.29) is 12.1 Å². The first kappa shape index (κ1) is 13.9. The van der Waals surface area contributed by atoms with Gasteiger partial charge in [-0.2, -0.15) is 0 Å². The lowest BCUT2D eigenvalue weighted by Crippen LogP contribution is -2.13. The summed E-state index contributed by atoms with van der Waals surface area (Å²) in [5, 5.41) is 2.36. The third-order valence-corrected chi connectivity index (χ3v) is 1.67. The fourth-order valence-electron chi connectivity index (χ4n) is 0.102. The van der Waals surface area contributed by atoms with E-state index in [9.17, 15) is 9.36 Å². The number of carbonyl (C=O) groups excluding carboxylic acids is 1. The highest BCUT2D eigenvalue weighted by Crippen LogP contribution is 2.32. The van der Waals surface area contributed by atoms with Crippen LogP contribution in [-0.4, -0.2) is 28.9 Å². The van der Waals surface area contributed by atoms with Crippen LogP contribution in [0.2, 0.25) is 0 Å². The molecule has 0 aliphatic rings. The van der Waals surface area contributed by atoms with Gasteiger partial charge < -0.3 is 15.1 Å². The molecular formula is C6H14NO4P. The highest BCUT2D eigenvalue weighted by molar-refractivity contribution is 7.51. The van der Waals surface area contributed by atoms with E-state index in [0.717, 1.165) is 0 Å². The summed E-state index contributed by atoms with van der Waals surface area (Å²) in [6.45, 7) is 4.66. The number of carbonyl (C=O) groups is 1. The van der Waals surface area contributed by atoms with Crippen molar-refractivity contribution in [3.63, 3.8) is 0 Å². The second kappa shape index (κ2) is 7.03. The van der Waals surface area contributed by atoms with E-state index in [0.29, 0.717) is 0 Å². The SMILES string of the molecule is C=CC(=O)NC.CCP(=O)(O)O. The summed E-state index contributed by atoms with van der Waals surface area (Å²) in [5.41, 5.74) is 0. The van der Waals surface area contributed by atoms with Gasteiger partial charge in [0.25, 0.3) is 0 Å². The summed E-state index contributed by atoms with van der Waals surface area (Å²) in [6.07, 6.45) is 1.16. The number of likely N-dealkylation sites (N-methyl/N-ethyl adjacent to an activating group) is 1. The Labute approximate surface area is 71.6 Å². The van der Waals surface area contributed by atoms with E-state index in [1.807, 2.05) is 0 Å². The highest BCUT2D eigenvalue weighted by Gasteiger charge is 2.05. The summed E-state index contributed by atoms with van der Waals surface area (Å²) in [5.74, 6) is -0.144. The Kier molecular flexibility index (Phi) is 8.16. The van der Waals surface area contributed by atoms with Crippen molar-refractivity contribution in [1.29, 1.82) is 0 Å². The second-order valence-corrected chi connectivity index (χ2v) is 3.76. The number of rotatable bonds is 2. The fourth-order valence-corrected chi connectivity index (χ4v) is 0.102. The van der Waals surface area contributed by atoms with Crippen molar-refractivity contribution in [1.82, 2.24) is 5.32 Å². The number of nitrogens with one attached hydrogen (secondary N) is 1. The molecular weight excluding hydrogens is 181 g/mol. The zero-order valence-corrected chi connectivity index (χ0v) is 8.04. The third-order valence-electron chi connectivity index (χ3n) is 0.844. The average molecular weight is 195 g/mol. The van der Waals surface area contributed by atoms with Gasteiger partial charge in [0.15, 0.2) is 0 Å². The van der Waals surface area contributed by atoms with Gasteiger partial charge in [-0.25, -0.2) is 0 Å². The highest BCUT2D eigenvalue weighted by atomic mass is 31.2. The fraction of sp³-hybridized carbons (Fsp3) is 0.500. The predicted molar refractivity (Wildman–Crippen MR) is 46.8 cm³/mol. The molecule has 0 fully saturated rings. The molecule has 0 spiro atoms. The van der Waals surface area contributed by atoms with E-state index in [4.69, 9.17) is 9.79 Å². The van der Waals surface area contributed by atoms with Crippen molar-refractivity contribution in [3.05, 3.63) is 12.7 Å². The molecule has 72 valence electrons. The third kappa shape index (κ3) is 16.2. The Morgan fingerprint density at radius 1 is 1.67 bits per heavy atom. The minimum Gasteiger partial charge on any atom is -0.356 e. The molecule has 0 unspecified atom stereocenters. The number of hydrogen-bond donors (Lipinski definition) is 3. The normalized spacial score (nSPS) is 9.33. The first-order chi connectivity index (χ1) is 5.37. The van der Waals surface area contributed by atoms with Crippen LogP contribution >= 0.6 is 7.60 Å².